The highest BCUT2D eigenvalue weighted by Gasteiger charge is 2.10. The van der Waals surface area contributed by atoms with E-state index in [0.29, 0.717) is 17.1 Å². The zero-order valence-electron chi connectivity index (χ0n) is 9.42. The van der Waals surface area contributed by atoms with Crippen molar-refractivity contribution in [1.82, 2.24) is 9.97 Å². The van der Waals surface area contributed by atoms with Crippen molar-refractivity contribution >= 4 is 17.6 Å². The Morgan fingerprint density at radius 2 is 2.11 bits per heavy atom. The van der Waals surface area contributed by atoms with Crippen molar-refractivity contribution in [2.45, 2.75) is 0 Å². The van der Waals surface area contributed by atoms with Crippen molar-refractivity contribution in [2.75, 3.05) is 7.11 Å². The summed E-state index contributed by atoms with van der Waals surface area (Å²) in [4.78, 5) is 18.8. The SMILES string of the molecule is COc1ccc(-c2ncc(C(=O)O)cc2Cl)cn1. The van der Waals surface area contributed by atoms with Crippen LogP contribution >= 0.6 is 11.6 Å². The van der Waals surface area contributed by atoms with Gasteiger partial charge in [0.25, 0.3) is 0 Å². The van der Waals surface area contributed by atoms with E-state index < -0.39 is 5.97 Å². The van der Waals surface area contributed by atoms with E-state index in [9.17, 15) is 4.79 Å². The maximum Gasteiger partial charge on any atom is 0.337 e. The van der Waals surface area contributed by atoms with Crippen LogP contribution in [0.4, 0.5) is 0 Å². The van der Waals surface area contributed by atoms with Crippen molar-refractivity contribution in [1.29, 1.82) is 0 Å². The molecule has 2 rings (SSSR count). The first-order valence-electron chi connectivity index (χ1n) is 5.01. The van der Waals surface area contributed by atoms with Gasteiger partial charge in [0.05, 0.1) is 23.4 Å². The Kier molecular flexibility index (Phi) is 3.43. The lowest BCUT2D eigenvalue weighted by Gasteiger charge is -2.05. The van der Waals surface area contributed by atoms with Crippen LogP contribution in [0.2, 0.25) is 5.02 Å². The summed E-state index contributed by atoms with van der Waals surface area (Å²) < 4.78 is 4.94. The first kappa shape index (κ1) is 12.3. The molecule has 0 radical (unpaired) electrons. The maximum atomic E-state index is 10.8. The summed E-state index contributed by atoms with van der Waals surface area (Å²) in [6, 6.07) is 4.79. The minimum Gasteiger partial charge on any atom is -0.481 e. The highest BCUT2D eigenvalue weighted by molar-refractivity contribution is 6.33. The summed E-state index contributed by atoms with van der Waals surface area (Å²) in [5.74, 6) is -0.583. The third kappa shape index (κ3) is 2.41. The number of carboxylic acids is 1. The number of aromatic nitrogens is 2. The highest BCUT2D eigenvalue weighted by atomic mass is 35.5. The van der Waals surface area contributed by atoms with E-state index in [-0.39, 0.29) is 10.6 Å². The topological polar surface area (TPSA) is 72.3 Å². The number of hydrogen-bond donors (Lipinski definition) is 1. The number of halogens is 1. The van der Waals surface area contributed by atoms with Crippen LogP contribution in [0.5, 0.6) is 5.88 Å². The summed E-state index contributed by atoms with van der Waals surface area (Å²) >= 11 is 6.00. The van der Waals surface area contributed by atoms with Crippen LogP contribution in [0, 0.1) is 0 Å². The molecule has 0 saturated heterocycles. The van der Waals surface area contributed by atoms with Crippen LogP contribution in [0.3, 0.4) is 0 Å². The fraction of sp³-hybridized carbons (Fsp3) is 0.0833. The highest BCUT2D eigenvalue weighted by Crippen LogP contribution is 2.26. The Hall–Kier alpha value is -2.14. The quantitative estimate of drug-likeness (QED) is 0.922. The molecule has 1 N–H and O–H groups in total. The van der Waals surface area contributed by atoms with E-state index in [4.69, 9.17) is 21.4 Å². The number of nitrogens with zero attached hydrogens (tertiary/aromatic N) is 2. The molecule has 92 valence electrons. The monoisotopic (exact) mass is 264 g/mol. The fourth-order valence-corrected chi connectivity index (χ4v) is 1.68. The van der Waals surface area contributed by atoms with Crippen molar-refractivity contribution in [3.05, 3.63) is 41.2 Å². The second kappa shape index (κ2) is 5.01. The normalized spacial score (nSPS) is 10.1. The Morgan fingerprint density at radius 1 is 1.33 bits per heavy atom. The Morgan fingerprint density at radius 3 is 2.61 bits per heavy atom. The fourth-order valence-electron chi connectivity index (χ4n) is 1.41. The Balaban J connectivity index is 2.41. The number of methoxy groups -OCH3 is 1. The van der Waals surface area contributed by atoms with Crippen molar-refractivity contribution < 1.29 is 14.6 Å². The molecule has 0 atom stereocenters. The molecular weight excluding hydrogens is 256 g/mol. The third-order valence-corrected chi connectivity index (χ3v) is 2.60. The van der Waals surface area contributed by atoms with Gasteiger partial charge in [-0.2, -0.15) is 0 Å². The molecule has 2 heterocycles. The molecule has 5 nitrogen and oxygen atoms in total. The van der Waals surface area contributed by atoms with E-state index in [1.54, 1.807) is 18.3 Å². The molecule has 0 unspecified atom stereocenters. The van der Waals surface area contributed by atoms with Crippen LogP contribution in [0.1, 0.15) is 10.4 Å². The lowest BCUT2D eigenvalue weighted by Crippen LogP contribution is -1.98. The number of ether oxygens (including phenoxy) is 1. The van der Waals surface area contributed by atoms with Crippen LogP contribution < -0.4 is 4.74 Å². The Bertz CT molecular complexity index is 584. The van der Waals surface area contributed by atoms with E-state index in [0.717, 1.165) is 0 Å². The molecule has 18 heavy (non-hydrogen) atoms. The van der Waals surface area contributed by atoms with Gasteiger partial charge in [-0.05, 0) is 12.1 Å². The van der Waals surface area contributed by atoms with Crippen LogP contribution in [-0.2, 0) is 0 Å². The summed E-state index contributed by atoms with van der Waals surface area (Å²) in [5.41, 5.74) is 1.22. The molecule has 0 amide bonds. The van der Waals surface area contributed by atoms with Gasteiger partial charge in [0.15, 0.2) is 0 Å². The predicted octanol–water partition coefficient (Wildman–Crippen LogP) is 2.50. The van der Waals surface area contributed by atoms with Gasteiger partial charge >= 0.3 is 5.97 Å². The molecule has 0 saturated carbocycles. The third-order valence-electron chi connectivity index (χ3n) is 2.31. The summed E-state index contributed by atoms with van der Waals surface area (Å²) in [5, 5.41) is 9.08. The molecule has 0 aliphatic carbocycles. The van der Waals surface area contributed by atoms with Gasteiger partial charge in [-0.25, -0.2) is 9.78 Å². The number of aromatic carboxylic acids is 1. The van der Waals surface area contributed by atoms with Gasteiger partial charge in [0.2, 0.25) is 5.88 Å². The number of carbonyl (C=O) groups is 1. The van der Waals surface area contributed by atoms with Gasteiger partial charge in [0, 0.05) is 24.0 Å². The molecule has 0 aromatic carbocycles. The molecule has 0 aliphatic rings. The van der Waals surface area contributed by atoms with Crippen molar-refractivity contribution in [3.8, 4) is 17.1 Å². The lowest BCUT2D eigenvalue weighted by molar-refractivity contribution is 0.0696. The molecule has 0 bridgehead atoms. The zero-order valence-corrected chi connectivity index (χ0v) is 10.2. The molecule has 2 aromatic rings. The summed E-state index contributed by atoms with van der Waals surface area (Å²) in [7, 11) is 1.52. The first-order valence-corrected chi connectivity index (χ1v) is 5.39. The molecule has 0 fully saturated rings. The largest absolute Gasteiger partial charge is 0.481 e. The van der Waals surface area contributed by atoms with E-state index in [2.05, 4.69) is 9.97 Å². The van der Waals surface area contributed by atoms with Crippen molar-refractivity contribution in [3.63, 3.8) is 0 Å². The van der Waals surface area contributed by atoms with Gasteiger partial charge in [-0.3, -0.25) is 4.98 Å². The van der Waals surface area contributed by atoms with E-state index in [1.165, 1.54) is 19.4 Å². The minimum absolute atomic E-state index is 0.0465. The maximum absolute atomic E-state index is 10.8. The molecule has 6 heteroatoms. The lowest BCUT2D eigenvalue weighted by atomic mass is 10.1. The van der Waals surface area contributed by atoms with Crippen LogP contribution in [0.25, 0.3) is 11.3 Å². The van der Waals surface area contributed by atoms with Gasteiger partial charge in [-0.15, -0.1) is 0 Å². The van der Waals surface area contributed by atoms with E-state index in [1.807, 2.05) is 0 Å². The summed E-state index contributed by atoms with van der Waals surface area (Å²) in [6.07, 6.45) is 2.82. The van der Waals surface area contributed by atoms with Crippen LogP contribution in [-0.4, -0.2) is 28.2 Å². The number of hydrogen-bond acceptors (Lipinski definition) is 4. The predicted molar refractivity (Wildman–Crippen MR) is 66.0 cm³/mol. The van der Waals surface area contributed by atoms with Gasteiger partial charge in [0.1, 0.15) is 0 Å². The van der Waals surface area contributed by atoms with Crippen molar-refractivity contribution in [2.24, 2.45) is 0 Å². The smallest absolute Gasteiger partial charge is 0.337 e. The number of pyridine rings is 2. The second-order valence-electron chi connectivity index (χ2n) is 3.45. The first-order chi connectivity index (χ1) is 8.61. The minimum atomic E-state index is -1.07. The van der Waals surface area contributed by atoms with E-state index >= 15 is 0 Å². The molecule has 2 aromatic heterocycles. The standard InChI is InChI=1S/C12H9ClN2O3/c1-18-10-3-2-7(5-14-10)11-9(13)4-8(6-15-11)12(16)17/h2-6H,1H3,(H,16,17). The zero-order chi connectivity index (χ0) is 13.1. The Labute approximate surface area is 108 Å². The second-order valence-corrected chi connectivity index (χ2v) is 3.86. The molecule has 0 spiro atoms. The average Bonchev–Trinajstić information content (AvgIpc) is 2.38. The number of carboxylic acid groups (broad SMARTS) is 1. The van der Waals surface area contributed by atoms with Crippen LogP contribution in [0.15, 0.2) is 30.6 Å². The average molecular weight is 265 g/mol. The van der Waals surface area contributed by atoms with Gasteiger partial charge < -0.3 is 9.84 Å². The number of rotatable bonds is 3. The summed E-state index contributed by atoms with van der Waals surface area (Å²) in [6.45, 7) is 0. The molecular formula is C12H9ClN2O3. The van der Waals surface area contributed by atoms with Gasteiger partial charge in [-0.1, -0.05) is 11.6 Å². The molecule has 0 aliphatic heterocycles.